The quantitative estimate of drug-likeness (QED) is 0.801. The van der Waals surface area contributed by atoms with E-state index in [1.807, 2.05) is 26.8 Å². The molecule has 2 N–H and O–H groups in total. The molecule has 0 aromatic heterocycles. The molecular formula is C14H23NO. The van der Waals surface area contributed by atoms with Crippen molar-refractivity contribution in [3.05, 3.63) is 35.9 Å². The molecule has 2 atom stereocenters. The second-order valence-corrected chi connectivity index (χ2v) is 4.91. The van der Waals surface area contributed by atoms with E-state index in [0.29, 0.717) is 6.04 Å². The van der Waals surface area contributed by atoms with Crippen molar-refractivity contribution < 1.29 is 5.11 Å². The third kappa shape index (κ3) is 3.62. The van der Waals surface area contributed by atoms with Crippen molar-refractivity contribution in [1.82, 2.24) is 5.32 Å². The SMILES string of the molecule is CCC(NC(C)C(C)(C)O)c1ccccc1. The largest absolute Gasteiger partial charge is 0.389 e. The maximum Gasteiger partial charge on any atom is 0.0741 e. The lowest BCUT2D eigenvalue weighted by molar-refractivity contribution is 0.0395. The van der Waals surface area contributed by atoms with Gasteiger partial charge in [0.05, 0.1) is 5.60 Å². The zero-order valence-corrected chi connectivity index (χ0v) is 10.7. The predicted molar refractivity (Wildman–Crippen MR) is 68.4 cm³/mol. The lowest BCUT2D eigenvalue weighted by Gasteiger charge is -2.31. The number of aliphatic hydroxyl groups is 1. The Balaban J connectivity index is 2.70. The Hall–Kier alpha value is -0.860. The van der Waals surface area contributed by atoms with Gasteiger partial charge in [-0.15, -0.1) is 0 Å². The van der Waals surface area contributed by atoms with Crippen molar-refractivity contribution in [3.8, 4) is 0 Å². The highest BCUT2D eigenvalue weighted by molar-refractivity contribution is 5.19. The molecule has 0 radical (unpaired) electrons. The van der Waals surface area contributed by atoms with Crippen molar-refractivity contribution in [1.29, 1.82) is 0 Å². The first kappa shape index (κ1) is 13.2. The van der Waals surface area contributed by atoms with Crippen LogP contribution in [-0.2, 0) is 0 Å². The van der Waals surface area contributed by atoms with Gasteiger partial charge >= 0.3 is 0 Å². The first-order valence-electron chi connectivity index (χ1n) is 5.98. The van der Waals surface area contributed by atoms with Crippen LogP contribution in [0.5, 0.6) is 0 Å². The van der Waals surface area contributed by atoms with Gasteiger partial charge in [0.2, 0.25) is 0 Å². The van der Waals surface area contributed by atoms with Crippen molar-refractivity contribution in [2.45, 2.75) is 51.8 Å². The van der Waals surface area contributed by atoms with Crippen LogP contribution < -0.4 is 5.32 Å². The highest BCUT2D eigenvalue weighted by atomic mass is 16.3. The van der Waals surface area contributed by atoms with Crippen LogP contribution in [0.1, 0.15) is 45.7 Å². The van der Waals surface area contributed by atoms with E-state index in [-0.39, 0.29) is 6.04 Å². The number of hydrogen-bond acceptors (Lipinski definition) is 2. The van der Waals surface area contributed by atoms with Crippen LogP contribution in [0.3, 0.4) is 0 Å². The highest BCUT2D eigenvalue weighted by Gasteiger charge is 2.24. The maximum atomic E-state index is 9.91. The molecular weight excluding hydrogens is 198 g/mol. The Morgan fingerprint density at radius 1 is 1.25 bits per heavy atom. The van der Waals surface area contributed by atoms with Crippen molar-refractivity contribution in [2.75, 3.05) is 0 Å². The molecule has 16 heavy (non-hydrogen) atoms. The summed E-state index contributed by atoms with van der Waals surface area (Å²) in [5.41, 5.74) is 0.587. The Morgan fingerprint density at radius 2 is 1.81 bits per heavy atom. The van der Waals surface area contributed by atoms with E-state index in [1.54, 1.807) is 0 Å². The van der Waals surface area contributed by atoms with E-state index in [4.69, 9.17) is 0 Å². The predicted octanol–water partition coefficient (Wildman–Crippen LogP) is 2.89. The Kier molecular flexibility index (Phi) is 4.51. The number of nitrogens with one attached hydrogen (secondary N) is 1. The summed E-state index contributed by atoms with van der Waals surface area (Å²) in [7, 11) is 0. The topological polar surface area (TPSA) is 32.3 Å². The summed E-state index contributed by atoms with van der Waals surface area (Å²) in [6.45, 7) is 7.85. The fourth-order valence-electron chi connectivity index (χ4n) is 1.64. The van der Waals surface area contributed by atoms with E-state index in [1.165, 1.54) is 5.56 Å². The zero-order chi connectivity index (χ0) is 12.2. The lowest BCUT2D eigenvalue weighted by atomic mass is 9.97. The summed E-state index contributed by atoms with van der Waals surface area (Å²) in [6.07, 6.45) is 1.02. The van der Waals surface area contributed by atoms with E-state index in [0.717, 1.165) is 6.42 Å². The molecule has 0 aliphatic rings. The summed E-state index contributed by atoms with van der Waals surface area (Å²) in [4.78, 5) is 0. The van der Waals surface area contributed by atoms with Gasteiger partial charge in [-0.2, -0.15) is 0 Å². The van der Waals surface area contributed by atoms with Crippen molar-refractivity contribution in [2.24, 2.45) is 0 Å². The van der Waals surface area contributed by atoms with Gasteiger partial charge in [0.1, 0.15) is 0 Å². The van der Waals surface area contributed by atoms with Gasteiger partial charge in [-0.25, -0.2) is 0 Å². The van der Waals surface area contributed by atoms with E-state index in [9.17, 15) is 5.11 Å². The highest BCUT2D eigenvalue weighted by Crippen LogP contribution is 2.19. The van der Waals surface area contributed by atoms with E-state index < -0.39 is 5.60 Å². The molecule has 0 aliphatic carbocycles. The summed E-state index contributed by atoms with van der Waals surface area (Å²) in [5, 5.41) is 13.4. The monoisotopic (exact) mass is 221 g/mol. The average molecular weight is 221 g/mol. The molecule has 0 heterocycles. The first-order chi connectivity index (χ1) is 7.45. The average Bonchev–Trinajstić information content (AvgIpc) is 2.25. The third-order valence-corrected chi connectivity index (χ3v) is 3.12. The second-order valence-electron chi connectivity index (χ2n) is 4.91. The van der Waals surface area contributed by atoms with E-state index in [2.05, 4.69) is 36.5 Å². The van der Waals surface area contributed by atoms with Gasteiger partial charge < -0.3 is 10.4 Å². The van der Waals surface area contributed by atoms with Crippen LogP contribution in [0.15, 0.2) is 30.3 Å². The molecule has 2 heteroatoms. The minimum Gasteiger partial charge on any atom is -0.389 e. The van der Waals surface area contributed by atoms with Gasteiger partial charge in [-0.1, -0.05) is 37.3 Å². The lowest BCUT2D eigenvalue weighted by Crippen LogP contribution is -2.45. The Bertz CT molecular complexity index is 302. The second kappa shape index (κ2) is 5.46. The number of rotatable bonds is 5. The van der Waals surface area contributed by atoms with Gasteiger partial charge in [0.15, 0.2) is 0 Å². The summed E-state index contributed by atoms with van der Waals surface area (Å²) < 4.78 is 0. The van der Waals surface area contributed by atoms with Gasteiger partial charge in [0.25, 0.3) is 0 Å². The summed E-state index contributed by atoms with van der Waals surface area (Å²) in [6, 6.07) is 10.7. The van der Waals surface area contributed by atoms with Crippen molar-refractivity contribution >= 4 is 0 Å². The third-order valence-electron chi connectivity index (χ3n) is 3.12. The Labute approximate surface area is 98.7 Å². The van der Waals surface area contributed by atoms with Crippen LogP contribution in [0.2, 0.25) is 0 Å². The fraction of sp³-hybridized carbons (Fsp3) is 0.571. The Morgan fingerprint density at radius 3 is 2.25 bits per heavy atom. The number of hydrogen-bond donors (Lipinski definition) is 2. The number of benzene rings is 1. The fourth-order valence-corrected chi connectivity index (χ4v) is 1.64. The van der Waals surface area contributed by atoms with E-state index >= 15 is 0 Å². The van der Waals surface area contributed by atoms with Crippen LogP contribution in [0.4, 0.5) is 0 Å². The molecule has 0 saturated heterocycles. The van der Waals surface area contributed by atoms with Gasteiger partial charge in [-0.05, 0) is 32.8 Å². The standard InChI is InChI=1S/C14H23NO/c1-5-13(12-9-7-6-8-10-12)15-11(2)14(3,4)16/h6-11,13,15-16H,5H2,1-4H3. The molecule has 2 unspecified atom stereocenters. The maximum absolute atomic E-state index is 9.91. The molecule has 0 amide bonds. The smallest absolute Gasteiger partial charge is 0.0741 e. The van der Waals surface area contributed by atoms with Crippen LogP contribution in [0, 0.1) is 0 Å². The van der Waals surface area contributed by atoms with Crippen LogP contribution in [-0.4, -0.2) is 16.7 Å². The molecule has 1 rings (SSSR count). The molecule has 0 bridgehead atoms. The van der Waals surface area contributed by atoms with Gasteiger partial charge in [-0.3, -0.25) is 0 Å². The zero-order valence-electron chi connectivity index (χ0n) is 10.7. The summed E-state index contributed by atoms with van der Waals surface area (Å²) in [5.74, 6) is 0. The normalized spacial score (nSPS) is 15.8. The molecule has 0 aliphatic heterocycles. The first-order valence-corrected chi connectivity index (χ1v) is 5.98. The molecule has 0 spiro atoms. The minimum absolute atomic E-state index is 0.0673. The summed E-state index contributed by atoms with van der Waals surface area (Å²) >= 11 is 0. The van der Waals surface area contributed by atoms with Crippen LogP contribution in [0.25, 0.3) is 0 Å². The molecule has 0 saturated carbocycles. The van der Waals surface area contributed by atoms with Crippen LogP contribution >= 0.6 is 0 Å². The molecule has 1 aromatic carbocycles. The molecule has 0 fully saturated rings. The molecule has 90 valence electrons. The molecule has 1 aromatic rings. The molecule has 2 nitrogen and oxygen atoms in total. The van der Waals surface area contributed by atoms with Gasteiger partial charge in [0, 0.05) is 12.1 Å². The van der Waals surface area contributed by atoms with Crippen molar-refractivity contribution in [3.63, 3.8) is 0 Å². The minimum atomic E-state index is -0.692.